The minimum absolute atomic E-state index is 0.0575. The van der Waals surface area contributed by atoms with Crippen LogP contribution < -0.4 is 5.32 Å². The van der Waals surface area contributed by atoms with E-state index in [0.29, 0.717) is 10.0 Å². The van der Waals surface area contributed by atoms with Crippen molar-refractivity contribution in [2.75, 3.05) is 5.32 Å². The van der Waals surface area contributed by atoms with Crippen LogP contribution in [0.1, 0.15) is 25.7 Å². The molecule has 8 heteroatoms. The van der Waals surface area contributed by atoms with Crippen LogP contribution in [0.15, 0.2) is 14.7 Å². The second-order valence-corrected chi connectivity index (χ2v) is 7.76. The molecular formula is C10H11ClN2O3S2. The Morgan fingerprint density at radius 1 is 1.44 bits per heavy atom. The van der Waals surface area contributed by atoms with Gasteiger partial charge in [-0.05, 0) is 31.7 Å². The molecule has 1 saturated carbocycles. The lowest BCUT2D eigenvalue weighted by atomic mass is 10.3. The standard InChI is InChI=1S/C10H11ClN2O3S2/c11-8-5-7-9(17-8)18(14,15)13-10(12-7)16-6-3-1-2-4-6/h5-6H,1-4H2,(H,12,13). The van der Waals surface area contributed by atoms with Crippen LogP contribution in [0.25, 0.3) is 0 Å². The molecule has 0 radical (unpaired) electrons. The molecule has 0 aromatic carbocycles. The Bertz CT molecular complexity index is 603. The number of sulfonamides is 1. The third-order valence-electron chi connectivity index (χ3n) is 2.93. The fraction of sp³-hybridized carbons (Fsp3) is 0.500. The first kappa shape index (κ1) is 12.3. The lowest BCUT2D eigenvalue weighted by molar-refractivity contribution is 0.196. The van der Waals surface area contributed by atoms with Crippen molar-refractivity contribution in [2.45, 2.75) is 36.0 Å². The van der Waals surface area contributed by atoms with Gasteiger partial charge in [-0.25, -0.2) is 0 Å². The number of hydrogen-bond acceptors (Lipinski definition) is 5. The molecule has 5 nitrogen and oxygen atoms in total. The molecule has 1 aliphatic heterocycles. The van der Waals surface area contributed by atoms with E-state index in [2.05, 4.69) is 9.71 Å². The number of nitrogens with one attached hydrogen (secondary N) is 1. The molecule has 18 heavy (non-hydrogen) atoms. The minimum Gasteiger partial charge on any atom is -0.461 e. The van der Waals surface area contributed by atoms with Gasteiger partial charge in [0.2, 0.25) is 0 Å². The van der Waals surface area contributed by atoms with Gasteiger partial charge in [0.1, 0.15) is 6.10 Å². The zero-order valence-electron chi connectivity index (χ0n) is 9.35. The maximum Gasteiger partial charge on any atom is 0.305 e. The first-order valence-electron chi connectivity index (χ1n) is 5.62. The molecule has 0 atom stereocenters. The molecule has 0 spiro atoms. The number of anilines is 1. The number of fused-ring (bicyclic) bond motifs is 1. The molecule has 0 unspecified atom stereocenters. The van der Waals surface area contributed by atoms with E-state index in [1.807, 2.05) is 0 Å². The van der Waals surface area contributed by atoms with Crippen molar-refractivity contribution in [1.29, 1.82) is 0 Å². The second kappa shape index (κ2) is 4.40. The average molecular weight is 307 g/mol. The first-order valence-corrected chi connectivity index (χ1v) is 8.26. The number of halogens is 1. The Kier molecular flexibility index (Phi) is 2.99. The van der Waals surface area contributed by atoms with Gasteiger partial charge in [-0.15, -0.1) is 15.7 Å². The molecule has 1 fully saturated rings. The molecule has 0 bridgehead atoms. The van der Waals surface area contributed by atoms with Crippen molar-refractivity contribution >= 4 is 44.7 Å². The molecule has 1 aromatic heterocycles. The third kappa shape index (κ3) is 2.22. The minimum atomic E-state index is -3.68. The van der Waals surface area contributed by atoms with Crippen LogP contribution in [0.4, 0.5) is 5.69 Å². The Labute approximate surface area is 114 Å². The van der Waals surface area contributed by atoms with Gasteiger partial charge in [0.25, 0.3) is 10.0 Å². The van der Waals surface area contributed by atoms with Crippen LogP contribution in [0, 0.1) is 0 Å². The number of ether oxygens (including phenoxy) is 1. The number of rotatable bonds is 1. The Morgan fingerprint density at radius 3 is 2.89 bits per heavy atom. The van der Waals surface area contributed by atoms with Crippen LogP contribution in [-0.2, 0) is 14.8 Å². The topological polar surface area (TPSA) is 67.8 Å². The molecule has 1 N–H and O–H groups in total. The zero-order chi connectivity index (χ0) is 12.8. The lowest BCUT2D eigenvalue weighted by Gasteiger charge is -2.18. The summed E-state index contributed by atoms with van der Waals surface area (Å²) in [6.45, 7) is 0. The van der Waals surface area contributed by atoms with E-state index >= 15 is 0 Å². The number of amidine groups is 1. The van der Waals surface area contributed by atoms with Crippen molar-refractivity contribution in [3.63, 3.8) is 0 Å². The van der Waals surface area contributed by atoms with Crippen molar-refractivity contribution in [3.05, 3.63) is 10.4 Å². The molecule has 0 saturated heterocycles. The predicted molar refractivity (Wildman–Crippen MR) is 70.9 cm³/mol. The van der Waals surface area contributed by atoms with E-state index < -0.39 is 10.0 Å². The molecular weight excluding hydrogens is 296 g/mol. The SMILES string of the molecule is O=S1(=O)N=C(OC2CCCC2)Nc2cc(Cl)sc21. The van der Waals surface area contributed by atoms with Crippen molar-refractivity contribution < 1.29 is 13.2 Å². The Hall–Kier alpha value is -0.790. The van der Waals surface area contributed by atoms with Crippen molar-refractivity contribution in [1.82, 2.24) is 0 Å². The van der Waals surface area contributed by atoms with Gasteiger partial charge in [-0.1, -0.05) is 11.6 Å². The summed E-state index contributed by atoms with van der Waals surface area (Å²) < 4.78 is 33.6. The van der Waals surface area contributed by atoms with Gasteiger partial charge in [-0.3, -0.25) is 0 Å². The van der Waals surface area contributed by atoms with E-state index in [1.165, 1.54) is 0 Å². The summed E-state index contributed by atoms with van der Waals surface area (Å²) in [6.07, 6.45) is 4.17. The quantitative estimate of drug-likeness (QED) is 0.866. The fourth-order valence-corrected chi connectivity index (χ4v) is 4.76. The maximum atomic E-state index is 11.9. The summed E-state index contributed by atoms with van der Waals surface area (Å²) >= 11 is 6.81. The van der Waals surface area contributed by atoms with E-state index in [0.717, 1.165) is 37.0 Å². The number of hydrogen-bond donors (Lipinski definition) is 1. The number of nitrogens with zero attached hydrogens (tertiary/aromatic N) is 1. The fourth-order valence-electron chi connectivity index (χ4n) is 2.13. The van der Waals surface area contributed by atoms with Crippen molar-refractivity contribution in [3.8, 4) is 0 Å². The van der Waals surface area contributed by atoms with E-state index in [9.17, 15) is 8.42 Å². The molecule has 2 heterocycles. The monoisotopic (exact) mass is 306 g/mol. The normalized spacial score (nSPS) is 22.2. The number of thiophene rings is 1. The van der Waals surface area contributed by atoms with Gasteiger partial charge in [-0.2, -0.15) is 8.42 Å². The van der Waals surface area contributed by atoms with Crippen LogP contribution in [0.5, 0.6) is 0 Å². The highest BCUT2D eigenvalue weighted by Gasteiger charge is 2.30. The summed E-state index contributed by atoms with van der Waals surface area (Å²) in [7, 11) is -3.68. The highest BCUT2D eigenvalue weighted by molar-refractivity contribution is 7.92. The molecule has 2 aliphatic rings. The van der Waals surface area contributed by atoms with Crippen LogP contribution >= 0.6 is 22.9 Å². The molecule has 1 aliphatic carbocycles. The first-order chi connectivity index (χ1) is 8.54. The molecule has 98 valence electrons. The summed E-state index contributed by atoms with van der Waals surface area (Å²) in [5, 5.41) is 2.87. The Morgan fingerprint density at radius 2 is 2.17 bits per heavy atom. The third-order valence-corrected chi connectivity index (χ3v) is 5.96. The van der Waals surface area contributed by atoms with Crippen LogP contribution in [0.3, 0.4) is 0 Å². The molecule has 0 amide bonds. The largest absolute Gasteiger partial charge is 0.461 e. The highest BCUT2D eigenvalue weighted by Crippen LogP contribution is 2.38. The maximum absolute atomic E-state index is 11.9. The second-order valence-electron chi connectivity index (χ2n) is 4.27. The zero-order valence-corrected chi connectivity index (χ0v) is 11.7. The smallest absolute Gasteiger partial charge is 0.305 e. The van der Waals surface area contributed by atoms with Crippen molar-refractivity contribution in [2.24, 2.45) is 4.40 Å². The van der Waals surface area contributed by atoms with Crippen LogP contribution in [-0.4, -0.2) is 20.5 Å². The Balaban J connectivity index is 1.88. The van der Waals surface area contributed by atoms with Gasteiger partial charge in [0, 0.05) is 0 Å². The summed E-state index contributed by atoms with van der Waals surface area (Å²) in [5.41, 5.74) is 0.452. The van der Waals surface area contributed by atoms with E-state index in [4.69, 9.17) is 16.3 Å². The van der Waals surface area contributed by atoms with Gasteiger partial charge in [0.15, 0.2) is 4.21 Å². The van der Waals surface area contributed by atoms with Crippen LogP contribution in [0.2, 0.25) is 4.34 Å². The molecule has 3 rings (SSSR count). The predicted octanol–water partition coefficient (Wildman–Crippen LogP) is 2.83. The highest BCUT2D eigenvalue weighted by atomic mass is 35.5. The summed E-state index contributed by atoms with van der Waals surface area (Å²) in [6, 6.07) is 1.63. The van der Waals surface area contributed by atoms with Gasteiger partial charge < -0.3 is 10.1 Å². The van der Waals surface area contributed by atoms with Gasteiger partial charge >= 0.3 is 6.02 Å². The summed E-state index contributed by atoms with van der Waals surface area (Å²) in [4.78, 5) is 0. The lowest BCUT2D eigenvalue weighted by Crippen LogP contribution is -2.26. The van der Waals surface area contributed by atoms with E-state index in [-0.39, 0.29) is 16.3 Å². The average Bonchev–Trinajstić information content (AvgIpc) is 2.86. The summed E-state index contributed by atoms with van der Waals surface area (Å²) in [5.74, 6) is 0. The molecule has 1 aromatic rings. The van der Waals surface area contributed by atoms with Gasteiger partial charge in [0.05, 0.1) is 10.0 Å². The van der Waals surface area contributed by atoms with E-state index in [1.54, 1.807) is 6.07 Å².